The second-order valence-electron chi connectivity index (χ2n) is 5.35. The molecule has 1 unspecified atom stereocenters. The SMILES string of the molecule is CCCNC(Cc1cccc(Br)c1)c1ccc(F)c(C)c1. The molecule has 0 amide bonds. The monoisotopic (exact) mass is 349 g/mol. The van der Waals surface area contributed by atoms with Crippen LogP contribution in [0.3, 0.4) is 0 Å². The van der Waals surface area contributed by atoms with Crippen LogP contribution in [0.2, 0.25) is 0 Å². The van der Waals surface area contributed by atoms with Gasteiger partial charge in [0.05, 0.1) is 0 Å². The Balaban J connectivity index is 2.22. The van der Waals surface area contributed by atoms with Crippen LogP contribution in [0.5, 0.6) is 0 Å². The third-order valence-corrected chi connectivity index (χ3v) is 4.05. The van der Waals surface area contributed by atoms with E-state index in [1.54, 1.807) is 6.07 Å². The third-order valence-electron chi connectivity index (χ3n) is 3.55. The molecule has 2 aromatic rings. The minimum atomic E-state index is -0.143. The highest BCUT2D eigenvalue weighted by molar-refractivity contribution is 9.10. The summed E-state index contributed by atoms with van der Waals surface area (Å²) in [5.41, 5.74) is 3.10. The molecule has 112 valence electrons. The Hall–Kier alpha value is -1.19. The van der Waals surface area contributed by atoms with Crippen LogP contribution in [0.1, 0.15) is 36.1 Å². The molecule has 0 aromatic heterocycles. The lowest BCUT2D eigenvalue weighted by Gasteiger charge is -2.20. The molecule has 2 aromatic carbocycles. The summed E-state index contributed by atoms with van der Waals surface area (Å²) in [6, 6.07) is 13.9. The Bertz CT molecular complexity index is 598. The molecule has 1 nitrogen and oxygen atoms in total. The van der Waals surface area contributed by atoms with Crippen LogP contribution in [-0.2, 0) is 6.42 Å². The van der Waals surface area contributed by atoms with E-state index in [-0.39, 0.29) is 11.9 Å². The second-order valence-corrected chi connectivity index (χ2v) is 6.27. The number of rotatable bonds is 6. The second kappa shape index (κ2) is 7.71. The standard InChI is InChI=1S/C18H21BrFN/c1-3-9-21-18(12-14-5-4-6-16(19)11-14)15-7-8-17(20)13(2)10-15/h4-8,10-11,18,21H,3,9,12H2,1-2H3. The molecule has 0 radical (unpaired) electrons. The van der Waals surface area contributed by atoms with Crippen molar-refractivity contribution >= 4 is 15.9 Å². The molecule has 0 aliphatic carbocycles. The fraction of sp³-hybridized carbons (Fsp3) is 0.333. The Kier molecular flexibility index (Phi) is 5.95. The quantitative estimate of drug-likeness (QED) is 0.757. The van der Waals surface area contributed by atoms with Crippen LogP contribution in [0.25, 0.3) is 0 Å². The maximum Gasteiger partial charge on any atom is 0.126 e. The fourth-order valence-electron chi connectivity index (χ4n) is 2.41. The Morgan fingerprint density at radius 3 is 2.67 bits per heavy atom. The highest BCUT2D eigenvalue weighted by atomic mass is 79.9. The summed E-state index contributed by atoms with van der Waals surface area (Å²) < 4.78 is 14.6. The maximum atomic E-state index is 13.5. The van der Waals surface area contributed by atoms with Crippen molar-refractivity contribution in [3.63, 3.8) is 0 Å². The normalized spacial score (nSPS) is 12.4. The van der Waals surface area contributed by atoms with E-state index in [4.69, 9.17) is 0 Å². The van der Waals surface area contributed by atoms with Crippen molar-refractivity contribution < 1.29 is 4.39 Å². The predicted octanol–water partition coefficient (Wildman–Crippen LogP) is 5.18. The molecule has 0 aliphatic rings. The predicted molar refractivity (Wildman–Crippen MR) is 90.0 cm³/mol. The van der Waals surface area contributed by atoms with E-state index in [2.05, 4.69) is 40.3 Å². The van der Waals surface area contributed by atoms with Crippen molar-refractivity contribution in [1.82, 2.24) is 5.32 Å². The zero-order chi connectivity index (χ0) is 15.2. The summed E-state index contributed by atoms with van der Waals surface area (Å²) in [6.07, 6.45) is 1.97. The lowest BCUT2D eigenvalue weighted by Crippen LogP contribution is -2.24. The Labute approximate surface area is 134 Å². The molecule has 3 heteroatoms. The van der Waals surface area contributed by atoms with Gasteiger partial charge in [0.2, 0.25) is 0 Å². The zero-order valence-electron chi connectivity index (χ0n) is 12.5. The van der Waals surface area contributed by atoms with Gasteiger partial charge >= 0.3 is 0 Å². The maximum absolute atomic E-state index is 13.5. The lowest BCUT2D eigenvalue weighted by molar-refractivity contribution is 0.527. The summed E-state index contributed by atoms with van der Waals surface area (Å²) in [6.45, 7) is 4.92. The smallest absolute Gasteiger partial charge is 0.126 e. The number of aryl methyl sites for hydroxylation is 1. The largest absolute Gasteiger partial charge is 0.310 e. The van der Waals surface area contributed by atoms with Crippen LogP contribution < -0.4 is 5.32 Å². The first-order valence-corrected chi connectivity index (χ1v) is 8.13. The molecule has 0 heterocycles. The molecule has 0 bridgehead atoms. The minimum absolute atomic E-state index is 0.143. The van der Waals surface area contributed by atoms with E-state index in [1.807, 2.05) is 31.2 Å². The lowest BCUT2D eigenvalue weighted by atomic mass is 9.97. The average Bonchev–Trinajstić information content (AvgIpc) is 2.46. The molecule has 0 fully saturated rings. The van der Waals surface area contributed by atoms with Gasteiger partial charge in [0, 0.05) is 10.5 Å². The van der Waals surface area contributed by atoms with Gasteiger partial charge < -0.3 is 5.32 Å². The third kappa shape index (κ3) is 4.65. The topological polar surface area (TPSA) is 12.0 Å². The highest BCUT2D eigenvalue weighted by Crippen LogP contribution is 2.22. The molecule has 21 heavy (non-hydrogen) atoms. The number of hydrogen-bond donors (Lipinski definition) is 1. The number of hydrogen-bond acceptors (Lipinski definition) is 1. The number of benzene rings is 2. The molecule has 0 aliphatic heterocycles. The van der Waals surface area contributed by atoms with Crippen molar-refractivity contribution in [2.75, 3.05) is 6.54 Å². The van der Waals surface area contributed by atoms with Crippen LogP contribution in [0.15, 0.2) is 46.9 Å². The van der Waals surface area contributed by atoms with Gasteiger partial charge in [-0.3, -0.25) is 0 Å². The van der Waals surface area contributed by atoms with Gasteiger partial charge in [0.1, 0.15) is 5.82 Å². The van der Waals surface area contributed by atoms with Crippen molar-refractivity contribution in [2.45, 2.75) is 32.7 Å². The molecular weight excluding hydrogens is 329 g/mol. The van der Waals surface area contributed by atoms with E-state index in [0.29, 0.717) is 5.56 Å². The van der Waals surface area contributed by atoms with Crippen molar-refractivity contribution in [1.29, 1.82) is 0 Å². The van der Waals surface area contributed by atoms with Crippen LogP contribution in [-0.4, -0.2) is 6.54 Å². The van der Waals surface area contributed by atoms with E-state index < -0.39 is 0 Å². The molecule has 1 atom stereocenters. The van der Waals surface area contributed by atoms with Gasteiger partial charge in [0.25, 0.3) is 0 Å². The summed E-state index contributed by atoms with van der Waals surface area (Å²) in [4.78, 5) is 0. The average molecular weight is 350 g/mol. The van der Waals surface area contributed by atoms with E-state index in [1.165, 1.54) is 5.56 Å². The van der Waals surface area contributed by atoms with Gasteiger partial charge in [0.15, 0.2) is 0 Å². The molecule has 0 saturated carbocycles. The van der Waals surface area contributed by atoms with Crippen molar-refractivity contribution in [3.8, 4) is 0 Å². The van der Waals surface area contributed by atoms with Crippen molar-refractivity contribution in [2.24, 2.45) is 0 Å². The summed E-state index contributed by atoms with van der Waals surface area (Å²) in [5, 5.41) is 3.56. The Morgan fingerprint density at radius 1 is 1.19 bits per heavy atom. The molecule has 0 spiro atoms. The van der Waals surface area contributed by atoms with E-state index >= 15 is 0 Å². The summed E-state index contributed by atoms with van der Waals surface area (Å²) >= 11 is 3.51. The van der Waals surface area contributed by atoms with Crippen LogP contribution in [0.4, 0.5) is 4.39 Å². The van der Waals surface area contributed by atoms with Gasteiger partial charge in [-0.05, 0) is 61.2 Å². The van der Waals surface area contributed by atoms with Crippen molar-refractivity contribution in [3.05, 3.63) is 69.4 Å². The number of nitrogens with one attached hydrogen (secondary N) is 1. The van der Waals surface area contributed by atoms with Gasteiger partial charge in [-0.25, -0.2) is 4.39 Å². The fourth-order valence-corrected chi connectivity index (χ4v) is 2.86. The van der Waals surface area contributed by atoms with Crippen LogP contribution in [0, 0.1) is 12.7 Å². The molecule has 2 rings (SSSR count). The highest BCUT2D eigenvalue weighted by Gasteiger charge is 2.13. The summed E-state index contributed by atoms with van der Waals surface area (Å²) in [7, 11) is 0. The Morgan fingerprint density at radius 2 is 2.00 bits per heavy atom. The molecule has 1 N–H and O–H groups in total. The zero-order valence-corrected chi connectivity index (χ0v) is 14.1. The first-order chi connectivity index (χ1) is 10.1. The van der Waals surface area contributed by atoms with Gasteiger partial charge in [-0.15, -0.1) is 0 Å². The minimum Gasteiger partial charge on any atom is -0.310 e. The first-order valence-electron chi connectivity index (χ1n) is 7.34. The van der Waals surface area contributed by atoms with E-state index in [9.17, 15) is 4.39 Å². The summed E-state index contributed by atoms with van der Waals surface area (Å²) in [5.74, 6) is -0.143. The van der Waals surface area contributed by atoms with Gasteiger partial charge in [-0.1, -0.05) is 47.1 Å². The molecule has 0 saturated heterocycles. The van der Waals surface area contributed by atoms with Gasteiger partial charge in [-0.2, -0.15) is 0 Å². The first kappa shape index (κ1) is 16.2. The molecular formula is C18H21BrFN. The van der Waals surface area contributed by atoms with E-state index in [0.717, 1.165) is 29.4 Å². The van der Waals surface area contributed by atoms with Crippen LogP contribution >= 0.6 is 15.9 Å². The number of halogens is 2.